The molecule has 1 rings (SSSR count). The minimum Gasteiger partial charge on any atom is -0.393 e. The number of aliphatic hydroxyl groups is 1. The lowest BCUT2D eigenvalue weighted by Gasteiger charge is -2.11. The summed E-state index contributed by atoms with van der Waals surface area (Å²) in [5.74, 6) is -0.360. The molecule has 2 atom stereocenters. The standard InChI is InChI=1S/C10H17F3N2O2/c11-10(12,13)6-15-9(17)5-14-4-7-1-2-8(16)3-7/h7-8,14,16H,1-6H2,(H,15,17). The van der Waals surface area contributed by atoms with Crippen molar-refractivity contribution in [3.05, 3.63) is 0 Å². The first kappa shape index (κ1) is 14.2. The smallest absolute Gasteiger partial charge is 0.393 e. The summed E-state index contributed by atoms with van der Waals surface area (Å²) in [5.41, 5.74) is 0. The lowest BCUT2D eigenvalue weighted by Crippen LogP contribution is -2.40. The average molecular weight is 254 g/mol. The molecule has 2 unspecified atom stereocenters. The van der Waals surface area contributed by atoms with Crippen molar-refractivity contribution in [3.8, 4) is 0 Å². The van der Waals surface area contributed by atoms with E-state index in [-0.39, 0.29) is 12.6 Å². The Morgan fingerprint density at radius 1 is 1.35 bits per heavy atom. The molecule has 0 aromatic rings. The van der Waals surface area contributed by atoms with E-state index >= 15 is 0 Å². The van der Waals surface area contributed by atoms with Crippen LogP contribution in [0.4, 0.5) is 13.2 Å². The zero-order valence-corrected chi connectivity index (χ0v) is 9.39. The van der Waals surface area contributed by atoms with Gasteiger partial charge in [-0.25, -0.2) is 0 Å². The minimum atomic E-state index is -4.37. The van der Waals surface area contributed by atoms with E-state index < -0.39 is 18.6 Å². The predicted octanol–water partition coefficient (Wildman–Crippen LogP) is 0.415. The number of carbonyl (C=O) groups is 1. The molecule has 7 heteroatoms. The molecule has 0 aliphatic heterocycles. The summed E-state index contributed by atoms with van der Waals surface area (Å²) >= 11 is 0. The zero-order chi connectivity index (χ0) is 12.9. The van der Waals surface area contributed by atoms with Gasteiger partial charge < -0.3 is 15.7 Å². The van der Waals surface area contributed by atoms with Gasteiger partial charge in [0.2, 0.25) is 5.91 Å². The van der Waals surface area contributed by atoms with Crippen molar-refractivity contribution >= 4 is 5.91 Å². The van der Waals surface area contributed by atoms with Crippen molar-refractivity contribution in [3.63, 3.8) is 0 Å². The van der Waals surface area contributed by atoms with Gasteiger partial charge in [-0.15, -0.1) is 0 Å². The molecule has 0 aromatic heterocycles. The van der Waals surface area contributed by atoms with E-state index in [2.05, 4.69) is 5.32 Å². The zero-order valence-electron chi connectivity index (χ0n) is 9.39. The van der Waals surface area contributed by atoms with E-state index in [1.807, 2.05) is 0 Å². The number of aliphatic hydroxyl groups excluding tert-OH is 1. The lowest BCUT2D eigenvalue weighted by atomic mass is 10.1. The molecule has 1 aliphatic rings. The lowest BCUT2D eigenvalue weighted by molar-refractivity contribution is -0.137. The molecule has 0 saturated heterocycles. The topological polar surface area (TPSA) is 61.4 Å². The molecule has 100 valence electrons. The summed E-state index contributed by atoms with van der Waals surface area (Å²) in [6.45, 7) is -0.866. The Morgan fingerprint density at radius 3 is 2.59 bits per heavy atom. The Hall–Kier alpha value is -0.820. The van der Waals surface area contributed by atoms with Crippen molar-refractivity contribution in [2.45, 2.75) is 31.5 Å². The van der Waals surface area contributed by atoms with Gasteiger partial charge in [0.15, 0.2) is 0 Å². The largest absolute Gasteiger partial charge is 0.405 e. The molecule has 1 amide bonds. The van der Waals surface area contributed by atoms with Crippen molar-refractivity contribution in [1.82, 2.24) is 10.6 Å². The first-order valence-electron chi connectivity index (χ1n) is 5.59. The molecule has 0 radical (unpaired) electrons. The molecule has 0 bridgehead atoms. The Balaban J connectivity index is 2.04. The Labute approximate surface area is 97.6 Å². The highest BCUT2D eigenvalue weighted by Gasteiger charge is 2.27. The van der Waals surface area contributed by atoms with E-state index in [0.29, 0.717) is 18.9 Å². The number of rotatable bonds is 5. The van der Waals surface area contributed by atoms with Gasteiger partial charge >= 0.3 is 6.18 Å². The van der Waals surface area contributed by atoms with E-state index in [0.717, 1.165) is 12.8 Å². The summed E-state index contributed by atoms with van der Waals surface area (Å²) in [6, 6.07) is 0. The monoisotopic (exact) mass is 254 g/mol. The summed E-state index contributed by atoms with van der Waals surface area (Å²) in [7, 11) is 0. The van der Waals surface area contributed by atoms with Gasteiger partial charge in [0, 0.05) is 0 Å². The molecular formula is C10H17F3N2O2. The van der Waals surface area contributed by atoms with Crippen LogP contribution < -0.4 is 10.6 Å². The highest BCUT2D eigenvalue weighted by atomic mass is 19.4. The minimum absolute atomic E-state index is 0.122. The van der Waals surface area contributed by atoms with Gasteiger partial charge in [-0.05, 0) is 31.7 Å². The molecule has 1 fully saturated rings. The number of amides is 1. The van der Waals surface area contributed by atoms with Gasteiger partial charge in [-0.3, -0.25) is 4.79 Å². The van der Waals surface area contributed by atoms with Crippen LogP contribution in [0.25, 0.3) is 0 Å². The quantitative estimate of drug-likeness (QED) is 0.666. The van der Waals surface area contributed by atoms with Crippen LogP contribution in [0.1, 0.15) is 19.3 Å². The van der Waals surface area contributed by atoms with Crippen LogP contribution in [-0.2, 0) is 4.79 Å². The second-order valence-electron chi connectivity index (χ2n) is 4.36. The third-order valence-corrected chi connectivity index (χ3v) is 2.72. The van der Waals surface area contributed by atoms with Crippen LogP contribution in [-0.4, -0.2) is 42.9 Å². The molecule has 3 N–H and O–H groups in total. The maximum absolute atomic E-state index is 11.8. The van der Waals surface area contributed by atoms with E-state index in [1.165, 1.54) is 0 Å². The maximum Gasteiger partial charge on any atom is 0.405 e. The van der Waals surface area contributed by atoms with Gasteiger partial charge in [0.1, 0.15) is 6.54 Å². The fourth-order valence-corrected chi connectivity index (χ4v) is 1.89. The second kappa shape index (κ2) is 6.20. The number of carbonyl (C=O) groups excluding carboxylic acids is 1. The fraction of sp³-hybridized carbons (Fsp3) is 0.900. The molecule has 17 heavy (non-hydrogen) atoms. The summed E-state index contributed by atoms with van der Waals surface area (Å²) < 4.78 is 35.3. The summed E-state index contributed by atoms with van der Waals surface area (Å²) in [6.07, 6.45) is -2.31. The average Bonchev–Trinajstić information content (AvgIpc) is 2.60. The predicted molar refractivity (Wildman–Crippen MR) is 55.3 cm³/mol. The summed E-state index contributed by atoms with van der Waals surface area (Å²) in [4.78, 5) is 11.0. The Bertz CT molecular complexity index is 258. The van der Waals surface area contributed by atoms with Gasteiger partial charge in [-0.1, -0.05) is 0 Å². The molecule has 1 aliphatic carbocycles. The molecule has 0 heterocycles. The number of halogens is 3. The maximum atomic E-state index is 11.8. The fourth-order valence-electron chi connectivity index (χ4n) is 1.89. The van der Waals surface area contributed by atoms with Crippen molar-refractivity contribution in [2.75, 3.05) is 19.6 Å². The van der Waals surface area contributed by atoms with Crippen molar-refractivity contribution in [1.29, 1.82) is 0 Å². The molecular weight excluding hydrogens is 237 g/mol. The third kappa shape index (κ3) is 6.48. The molecule has 4 nitrogen and oxygen atoms in total. The Kier molecular flexibility index (Phi) is 5.20. The van der Waals surface area contributed by atoms with E-state index in [1.54, 1.807) is 5.32 Å². The van der Waals surface area contributed by atoms with Crippen LogP contribution in [0.15, 0.2) is 0 Å². The van der Waals surface area contributed by atoms with Crippen LogP contribution in [0.5, 0.6) is 0 Å². The highest BCUT2D eigenvalue weighted by molar-refractivity contribution is 5.77. The normalized spacial score (nSPS) is 24.9. The SMILES string of the molecule is O=C(CNCC1CCC(O)C1)NCC(F)(F)F. The van der Waals surface area contributed by atoms with Crippen LogP contribution in [0.2, 0.25) is 0 Å². The van der Waals surface area contributed by atoms with Gasteiger partial charge in [-0.2, -0.15) is 13.2 Å². The van der Waals surface area contributed by atoms with Crippen LogP contribution in [0, 0.1) is 5.92 Å². The molecule has 0 spiro atoms. The first-order chi connectivity index (χ1) is 7.87. The van der Waals surface area contributed by atoms with E-state index in [4.69, 9.17) is 0 Å². The third-order valence-electron chi connectivity index (χ3n) is 2.72. The van der Waals surface area contributed by atoms with Gasteiger partial charge in [0.25, 0.3) is 0 Å². The number of alkyl halides is 3. The summed E-state index contributed by atoms with van der Waals surface area (Å²) in [5, 5.41) is 13.8. The number of hydrogen-bond acceptors (Lipinski definition) is 3. The van der Waals surface area contributed by atoms with Gasteiger partial charge in [0.05, 0.1) is 12.6 Å². The second-order valence-corrected chi connectivity index (χ2v) is 4.36. The molecule has 1 saturated carbocycles. The van der Waals surface area contributed by atoms with E-state index in [9.17, 15) is 23.1 Å². The molecule has 0 aromatic carbocycles. The highest BCUT2D eigenvalue weighted by Crippen LogP contribution is 2.24. The Morgan fingerprint density at radius 2 is 2.06 bits per heavy atom. The van der Waals surface area contributed by atoms with Crippen LogP contribution in [0.3, 0.4) is 0 Å². The van der Waals surface area contributed by atoms with Crippen molar-refractivity contribution in [2.24, 2.45) is 5.92 Å². The van der Waals surface area contributed by atoms with Crippen molar-refractivity contribution < 1.29 is 23.1 Å². The number of hydrogen-bond donors (Lipinski definition) is 3. The van der Waals surface area contributed by atoms with Crippen LogP contribution >= 0.6 is 0 Å². The number of nitrogens with one attached hydrogen (secondary N) is 2. The first-order valence-corrected chi connectivity index (χ1v) is 5.59.